The number of hydrogen-bond donors (Lipinski definition) is 1. The summed E-state index contributed by atoms with van der Waals surface area (Å²) >= 11 is 0. The number of nitrogens with zero attached hydrogens (tertiary/aromatic N) is 1. The molecule has 0 bridgehead atoms. The minimum Gasteiger partial charge on any atom is -0.326 e. The molecule has 1 amide bonds. The summed E-state index contributed by atoms with van der Waals surface area (Å²) in [6, 6.07) is 14.6. The minimum absolute atomic E-state index is 0.0794. The number of nitriles is 1. The van der Waals surface area contributed by atoms with E-state index in [1.165, 1.54) is 25.1 Å². The zero-order valence-electron chi connectivity index (χ0n) is 13.3. The maximum absolute atomic E-state index is 12.5. The number of carbonyl (C=O) groups excluding carboxylic acids is 1. The van der Waals surface area contributed by atoms with Crippen LogP contribution in [-0.4, -0.2) is 14.3 Å². The van der Waals surface area contributed by atoms with Crippen molar-refractivity contribution in [2.45, 2.75) is 18.7 Å². The highest BCUT2D eigenvalue weighted by Crippen LogP contribution is 2.22. The highest BCUT2D eigenvalue weighted by atomic mass is 32.2. The first-order valence-electron chi connectivity index (χ1n) is 7.14. The zero-order chi connectivity index (χ0) is 17.7. The van der Waals surface area contributed by atoms with Crippen molar-refractivity contribution in [2.75, 3.05) is 5.32 Å². The van der Waals surface area contributed by atoms with E-state index in [0.29, 0.717) is 11.3 Å². The summed E-state index contributed by atoms with van der Waals surface area (Å²) in [6.45, 7) is 3.25. The van der Waals surface area contributed by atoms with Crippen LogP contribution >= 0.6 is 0 Å². The standard InChI is InChI=1S/C18H16N2O3S/c1-13-3-9-17(10-4-13)24(22,23)18(12-19)11-15-5-7-16(8-6-15)20-14(2)21/h3-11H,1-2H3,(H,20,21)/b18-11+. The van der Waals surface area contributed by atoms with E-state index < -0.39 is 9.84 Å². The minimum atomic E-state index is -3.86. The van der Waals surface area contributed by atoms with Gasteiger partial charge in [-0.05, 0) is 42.8 Å². The molecule has 2 rings (SSSR count). The highest BCUT2D eigenvalue weighted by Gasteiger charge is 2.20. The van der Waals surface area contributed by atoms with Crippen LogP contribution in [0.25, 0.3) is 6.08 Å². The Morgan fingerprint density at radius 2 is 1.67 bits per heavy atom. The Hall–Kier alpha value is -2.91. The van der Waals surface area contributed by atoms with Gasteiger partial charge in [0.2, 0.25) is 15.7 Å². The van der Waals surface area contributed by atoms with Crippen molar-refractivity contribution in [2.24, 2.45) is 0 Å². The molecule has 0 atom stereocenters. The third-order valence-corrected chi connectivity index (χ3v) is 4.94. The first-order chi connectivity index (χ1) is 11.3. The molecule has 0 aliphatic heterocycles. The molecule has 2 aromatic carbocycles. The van der Waals surface area contributed by atoms with E-state index in [2.05, 4.69) is 5.32 Å². The van der Waals surface area contributed by atoms with Gasteiger partial charge in [-0.2, -0.15) is 5.26 Å². The van der Waals surface area contributed by atoms with Gasteiger partial charge in [-0.3, -0.25) is 4.79 Å². The van der Waals surface area contributed by atoms with Gasteiger partial charge in [0, 0.05) is 12.6 Å². The number of hydrogen-bond acceptors (Lipinski definition) is 4. The summed E-state index contributed by atoms with van der Waals surface area (Å²) in [4.78, 5) is 10.7. The molecule has 0 unspecified atom stereocenters. The molecule has 24 heavy (non-hydrogen) atoms. The van der Waals surface area contributed by atoms with Gasteiger partial charge in [0.1, 0.15) is 11.0 Å². The first-order valence-corrected chi connectivity index (χ1v) is 8.62. The van der Waals surface area contributed by atoms with Crippen LogP contribution in [-0.2, 0) is 14.6 Å². The van der Waals surface area contributed by atoms with Crippen molar-refractivity contribution >= 4 is 27.5 Å². The molecular weight excluding hydrogens is 324 g/mol. The molecule has 0 aliphatic carbocycles. The maximum atomic E-state index is 12.5. The number of anilines is 1. The van der Waals surface area contributed by atoms with Crippen LogP contribution in [0.15, 0.2) is 58.3 Å². The topological polar surface area (TPSA) is 87.0 Å². The normalized spacial score (nSPS) is 11.6. The van der Waals surface area contributed by atoms with Gasteiger partial charge >= 0.3 is 0 Å². The van der Waals surface area contributed by atoms with Gasteiger partial charge in [-0.15, -0.1) is 0 Å². The number of benzene rings is 2. The first kappa shape index (κ1) is 17.4. The van der Waals surface area contributed by atoms with E-state index in [9.17, 15) is 18.5 Å². The lowest BCUT2D eigenvalue weighted by Gasteiger charge is -2.05. The number of rotatable bonds is 4. The largest absolute Gasteiger partial charge is 0.326 e. The Morgan fingerprint density at radius 3 is 2.17 bits per heavy atom. The molecule has 0 saturated carbocycles. The van der Waals surface area contributed by atoms with Gasteiger partial charge in [0.05, 0.1) is 4.90 Å². The van der Waals surface area contributed by atoms with Crippen LogP contribution < -0.4 is 5.32 Å². The fraction of sp³-hybridized carbons (Fsp3) is 0.111. The van der Waals surface area contributed by atoms with E-state index in [4.69, 9.17) is 0 Å². The lowest BCUT2D eigenvalue weighted by atomic mass is 10.2. The summed E-state index contributed by atoms with van der Waals surface area (Å²) in [7, 11) is -3.86. The van der Waals surface area contributed by atoms with Gasteiger partial charge in [-0.1, -0.05) is 29.8 Å². The van der Waals surface area contributed by atoms with Crippen LogP contribution in [0, 0.1) is 18.3 Å². The summed E-state index contributed by atoms with van der Waals surface area (Å²) < 4.78 is 25.1. The average molecular weight is 340 g/mol. The van der Waals surface area contributed by atoms with Crippen LogP contribution in [0.1, 0.15) is 18.1 Å². The van der Waals surface area contributed by atoms with E-state index >= 15 is 0 Å². The highest BCUT2D eigenvalue weighted by molar-refractivity contribution is 7.95. The lowest BCUT2D eigenvalue weighted by molar-refractivity contribution is -0.114. The molecular formula is C18H16N2O3S. The van der Waals surface area contributed by atoms with E-state index in [1.54, 1.807) is 42.5 Å². The molecule has 5 nitrogen and oxygen atoms in total. The Bertz CT molecular complexity index is 920. The second-order valence-corrected chi connectivity index (χ2v) is 7.16. The number of aryl methyl sites for hydroxylation is 1. The van der Waals surface area contributed by atoms with Crippen molar-refractivity contribution in [3.8, 4) is 6.07 Å². The molecule has 0 aliphatic rings. The summed E-state index contributed by atoms with van der Waals surface area (Å²) in [5.74, 6) is -0.196. The Labute approximate surface area is 141 Å². The summed E-state index contributed by atoms with van der Waals surface area (Å²) in [5, 5.41) is 11.9. The van der Waals surface area contributed by atoms with Gasteiger partial charge < -0.3 is 5.32 Å². The summed E-state index contributed by atoms with van der Waals surface area (Å²) in [6.07, 6.45) is 1.31. The van der Waals surface area contributed by atoms with E-state index in [-0.39, 0.29) is 15.7 Å². The third kappa shape index (κ3) is 4.09. The fourth-order valence-electron chi connectivity index (χ4n) is 2.03. The van der Waals surface area contributed by atoms with Crippen LogP contribution in [0.3, 0.4) is 0 Å². The van der Waals surface area contributed by atoms with Crippen molar-refractivity contribution in [1.29, 1.82) is 5.26 Å². The predicted octanol–water partition coefficient (Wildman–Crippen LogP) is 3.29. The molecule has 0 spiro atoms. The number of nitrogens with one attached hydrogen (secondary N) is 1. The van der Waals surface area contributed by atoms with Crippen molar-refractivity contribution in [1.82, 2.24) is 0 Å². The lowest BCUT2D eigenvalue weighted by Crippen LogP contribution is -2.05. The Morgan fingerprint density at radius 1 is 1.08 bits per heavy atom. The third-order valence-electron chi connectivity index (χ3n) is 3.26. The fourth-order valence-corrected chi connectivity index (χ4v) is 3.19. The molecule has 0 heterocycles. The zero-order valence-corrected chi connectivity index (χ0v) is 14.1. The van der Waals surface area contributed by atoms with Gasteiger partial charge in [0.15, 0.2) is 0 Å². The molecule has 0 fully saturated rings. The number of carbonyl (C=O) groups is 1. The SMILES string of the molecule is CC(=O)Nc1ccc(/C=C(\C#N)S(=O)(=O)c2ccc(C)cc2)cc1. The van der Waals surface area contributed by atoms with Crippen LogP contribution in [0.2, 0.25) is 0 Å². The quantitative estimate of drug-likeness (QED) is 0.865. The smallest absolute Gasteiger partial charge is 0.221 e. The van der Waals surface area contributed by atoms with Gasteiger partial charge in [-0.25, -0.2) is 8.42 Å². The second-order valence-electron chi connectivity index (χ2n) is 5.24. The maximum Gasteiger partial charge on any atom is 0.221 e. The Balaban J connectivity index is 2.36. The number of amides is 1. The molecule has 1 N–H and O–H groups in total. The van der Waals surface area contributed by atoms with Gasteiger partial charge in [0.25, 0.3) is 0 Å². The number of sulfone groups is 1. The van der Waals surface area contributed by atoms with E-state index in [1.807, 2.05) is 6.92 Å². The number of allylic oxidation sites excluding steroid dienone is 1. The average Bonchev–Trinajstić information content (AvgIpc) is 2.54. The van der Waals surface area contributed by atoms with E-state index in [0.717, 1.165) is 5.56 Å². The molecule has 0 radical (unpaired) electrons. The van der Waals surface area contributed by atoms with Crippen LogP contribution in [0.5, 0.6) is 0 Å². The van der Waals surface area contributed by atoms with Crippen molar-refractivity contribution in [3.63, 3.8) is 0 Å². The molecule has 2 aromatic rings. The second kappa shape index (κ2) is 7.11. The molecule has 0 aromatic heterocycles. The summed E-state index contributed by atoms with van der Waals surface area (Å²) in [5.41, 5.74) is 2.08. The molecule has 122 valence electrons. The predicted molar refractivity (Wildman–Crippen MR) is 92.7 cm³/mol. The van der Waals surface area contributed by atoms with Crippen LogP contribution in [0.4, 0.5) is 5.69 Å². The Kier molecular flexibility index (Phi) is 5.17. The molecule has 6 heteroatoms. The monoisotopic (exact) mass is 340 g/mol. The molecule has 0 saturated heterocycles. The van der Waals surface area contributed by atoms with Crippen molar-refractivity contribution < 1.29 is 13.2 Å². The van der Waals surface area contributed by atoms with Crippen molar-refractivity contribution in [3.05, 3.63) is 64.6 Å².